The molecule has 0 bridgehead atoms. The number of Topliss-reactive ketones (excluding diaryl/α,β-unsaturated/α-hetero) is 1. The van der Waals surface area contributed by atoms with Crippen LogP contribution in [0.4, 0.5) is 0 Å². The molecule has 3 nitrogen and oxygen atoms in total. The third-order valence-electron chi connectivity index (χ3n) is 4.81. The van der Waals surface area contributed by atoms with Gasteiger partial charge >= 0.3 is 0 Å². The highest BCUT2D eigenvalue weighted by Crippen LogP contribution is 2.12. The summed E-state index contributed by atoms with van der Waals surface area (Å²) in [6.07, 6.45) is 3.06. The molecular formula is C23H29NO2. The lowest BCUT2D eigenvalue weighted by molar-refractivity contribution is -0.129. The summed E-state index contributed by atoms with van der Waals surface area (Å²) in [6.45, 7) is 5.53. The monoisotopic (exact) mass is 351 g/mol. The fraction of sp³-hybridized carbons (Fsp3) is 0.391. The highest BCUT2D eigenvalue weighted by atomic mass is 16.2. The van der Waals surface area contributed by atoms with Crippen molar-refractivity contribution >= 4 is 11.7 Å². The standard InChI is InChI=1S/C23H29NO2/c1-17-9-12-21(13-10-17)15-16-22(19(3)25)24-23(26)18(2)11-14-20-7-5-4-6-8-20/h4-10,12-13,18,22H,11,14-16H2,1-3H3,(H,24,26). The van der Waals surface area contributed by atoms with Crippen molar-refractivity contribution in [3.05, 3.63) is 71.3 Å². The zero-order chi connectivity index (χ0) is 18.9. The fourth-order valence-electron chi connectivity index (χ4n) is 2.92. The summed E-state index contributed by atoms with van der Waals surface area (Å²) >= 11 is 0. The second kappa shape index (κ2) is 9.91. The van der Waals surface area contributed by atoms with Crippen LogP contribution in [-0.2, 0) is 22.4 Å². The van der Waals surface area contributed by atoms with Crippen molar-refractivity contribution in [3.8, 4) is 0 Å². The molecule has 0 saturated carbocycles. The van der Waals surface area contributed by atoms with E-state index in [9.17, 15) is 9.59 Å². The first-order valence-corrected chi connectivity index (χ1v) is 9.36. The predicted octanol–water partition coefficient (Wildman–Crippen LogP) is 4.27. The van der Waals surface area contributed by atoms with E-state index in [0.717, 1.165) is 19.3 Å². The van der Waals surface area contributed by atoms with Gasteiger partial charge in [-0.05, 0) is 50.7 Å². The number of aryl methyl sites for hydroxylation is 3. The molecule has 1 N–H and O–H groups in total. The Hall–Kier alpha value is -2.42. The Labute approximate surface area is 156 Å². The van der Waals surface area contributed by atoms with E-state index in [4.69, 9.17) is 0 Å². The van der Waals surface area contributed by atoms with E-state index in [2.05, 4.69) is 48.6 Å². The molecule has 0 saturated heterocycles. The summed E-state index contributed by atoms with van der Waals surface area (Å²) in [5.74, 6) is -0.137. The lowest BCUT2D eigenvalue weighted by Gasteiger charge is -2.19. The van der Waals surface area contributed by atoms with Gasteiger partial charge in [-0.1, -0.05) is 67.1 Å². The van der Waals surface area contributed by atoms with E-state index in [-0.39, 0.29) is 17.6 Å². The van der Waals surface area contributed by atoms with Gasteiger partial charge in [0.15, 0.2) is 5.78 Å². The second-order valence-electron chi connectivity index (χ2n) is 7.12. The highest BCUT2D eigenvalue weighted by Gasteiger charge is 2.20. The first-order valence-electron chi connectivity index (χ1n) is 9.36. The average Bonchev–Trinajstić information content (AvgIpc) is 2.64. The Kier molecular flexibility index (Phi) is 7.58. The highest BCUT2D eigenvalue weighted by molar-refractivity contribution is 5.88. The smallest absolute Gasteiger partial charge is 0.223 e. The van der Waals surface area contributed by atoms with E-state index < -0.39 is 6.04 Å². The molecular weight excluding hydrogens is 322 g/mol. The van der Waals surface area contributed by atoms with Crippen LogP contribution in [0.15, 0.2) is 54.6 Å². The molecule has 0 aliphatic rings. The Morgan fingerprint density at radius 3 is 2.08 bits per heavy atom. The van der Waals surface area contributed by atoms with Crippen molar-refractivity contribution in [2.24, 2.45) is 5.92 Å². The fourth-order valence-corrected chi connectivity index (χ4v) is 2.92. The van der Waals surface area contributed by atoms with Crippen molar-refractivity contribution < 1.29 is 9.59 Å². The van der Waals surface area contributed by atoms with Gasteiger partial charge in [0.2, 0.25) is 5.91 Å². The molecule has 0 heterocycles. The molecule has 3 heteroatoms. The van der Waals surface area contributed by atoms with Gasteiger partial charge in [-0.2, -0.15) is 0 Å². The number of carbonyl (C=O) groups is 2. The molecule has 0 spiro atoms. The van der Waals surface area contributed by atoms with Gasteiger partial charge in [-0.15, -0.1) is 0 Å². The van der Waals surface area contributed by atoms with Gasteiger partial charge in [0.1, 0.15) is 0 Å². The van der Waals surface area contributed by atoms with Crippen molar-refractivity contribution in [2.75, 3.05) is 0 Å². The molecule has 138 valence electrons. The third-order valence-corrected chi connectivity index (χ3v) is 4.81. The van der Waals surface area contributed by atoms with Crippen molar-refractivity contribution in [1.29, 1.82) is 0 Å². The maximum atomic E-state index is 12.5. The number of nitrogens with one attached hydrogen (secondary N) is 1. The Bertz CT molecular complexity index is 707. The van der Waals surface area contributed by atoms with Crippen LogP contribution < -0.4 is 5.32 Å². The molecule has 2 atom stereocenters. The van der Waals surface area contributed by atoms with Gasteiger partial charge in [-0.25, -0.2) is 0 Å². The molecule has 26 heavy (non-hydrogen) atoms. The van der Waals surface area contributed by atoms with Gasteiger partial charge in [0.25, 0.3) is 0 Å². The maximum absolute atomic E-state index is 12.5. The summed E-state index contributed by atoms with van der Waals surface area (Å²) in [4.78, 5) is 24.4. The van der Waals surface area contributed by atoms with Crippen LogP contribution in [0.3, 0.4) is 0 Å². The third kappa shape index (κ3) is 6.47. The minimum atomic E-state index is -0.414. The lowest BCUT2D eigenvalue weighted by atomic mass is 9.98. The Balaban J connectivity index is 1.84. The lowest BCUT2D eigenvalue weighted by Crippen LogP contribution is -2.42. The van der Waals surface area contributed by atoms with Crippen LogP contribution in [0, 0.1) is 12.8 Å². The molecule has 0 aromatic heterocycles. The van der Waals surface area contributed by atoms with E-state index in [0.29, 0.717) is 6.42 Å². The van der Waals surface area contributed by atoms with Crippen LogP contribution in [0.25, 0.3) is 0 Å². The minimum Gasteiger partial charge on any atom is -0.346 e. The van der Waals surface area contributed by atoms with Gasteiger partial charge in [-0.3, -0.25) is 9.59 Å². The molecule has 1 amide bonds. The topological polar surface area (TPSA) is 46.2 Å². The number of amides is 1. The zero-order valence-electron chi connectivity index (χ0n) is 16.0. The average molecular weight is 351 g/mol. The molecule has 2 aromatic rings. The number of hydrogen-bond acceptors (Lipinski definition) is 2. The number of hydrogen-bond donors (Lipinski definition) is 1. The zero-order valence-corrected chi connectivity index (χ0v) is 16.0. The van der Waals surface area contributed by atoms with Gasteiger partial charge < -0.3 is 5.32 Å². The van der Waals surface area contributed by atoms with Crippen molar-refractivity contribution in [2.45, 2.75) is 52.5 Å². The van der Waals surface area contributed by atoms with Crippen LogP contribution >= 0.6 is 0 Å². The molecule has 2 unspecified atom stereocenters. The number of benzene rings is 2. The number of ketones is 1. The quantitative estimate of drug-likeness (QED) is 0.733. The summed E-state index contributed by atoms with van der Waals surface area (Å²) in [7, 11) is 0. The first-order chi connectivity index (χ1) is 12.5. The first kappa shape index (κ1) is 19.9. The molecule has 0 radical (unpaired) electrons. The summed E-state index contributed by atoms with van der Waals surface area (Å²) < 4.78 is 0. The second-order valence-corrected chi connectivity index (χ2v) is 7.12. The molecule has 0 aliphatic carbocycles. The van der Waals surface area contributed by atoms with E-state index >= 15 is 0 Å². The molecule has 0 fully saturated rings. The molecule has 0 aliphatic heterocycles. The van der Waals surface area contributed by atoms with Crippen LogP contribution in [-0.4, -0.2) is 17.7 Å². The summed E-state index contributed by atoms with van der Waals surface area (Å²) in [5, 5.41) is 2.95. The minimum absolute atomic E-state index is 0.0146. The normalized spacial score (nSPS) is 13.0. The van der Waals surface area contributed by atoms with E-state index in [1.807, 2.05) is 25.1 Å². The summed E-state index contributed by atoms with van der Waals surface area (Å²) in [5.41, 5.74) is 3.64. The van der Waals surface area contributed by atoms with Crippen molar-refractivity contribution in [3.63, 3.8) is 0 Å². The van der Waals surface area contributed by atoms with Crippen LogP contribution in [0.1, 0.15) is 43.4 Å². The Morgan fingerprint density at radius 2 is 1.46 bits per heavy atom. The van der Waals surface area contributed by atoms with E-state index in [1.165, 1.54) is 16.7 Å². The predicted molar refractivity (Wildman–Crippen MR) is 106 cm³/mol. The maximum Gasteiger partial charge on any atom is 0.223 e. The molecule has 2 aromatic carbocycles. The number of carbonyl (C=O) groups excluding carboxylic acids is 2. The van der Waals surface area contributed by atoms with Gasteiger partial charge in [0.05, 0.1) is 6.04 Å². The van der Waals surface area contributed by atoms with Crippen molar-refractivity contribution in [1.82, 2.24) is 5.32 Å². The van der Waals surface area contributed by atoms with Gasteiger partial charge in [0, 0.05) is 5.92 Å². The van der Waals surface area contributed by atoms with Crippen LogP contribution in [0.5, 0.6) is 0 Å². The van der Waals surface area contributed by atoms with E-state index in [1.54, 1.807) is 6.92 Å². The Morgan fingerprint density at radius 1 is 0.885 bits per heavy atom. The molecule has 2 rings (SSSR count). The largest absolute Gasteiger partial charge is 0.346 e. The number of rotatable bonds is 9. The van der Waals surface area contributed by atoms with Crippen LogP contribution in [0.2, 0.25) is 0 Å². The SMILES string of the molecule is CC(=O)C(CCc1ccc(C)cc1)NC(=O)C(C)CCc1ccccc1. The summed E-state index contributed by atoms with van der Waals surface area (Å²) in [6, 6.07) is 18.1.